The van der Waals surface area contributed by atoms with E-state index in [1.807, 2.05) is 13.0 Å². The molecule has 6 heteroatoms. The molecule has 0 saturated carbocycles. The molecule has 0 aliphatic heterocycles. The average molecular weight is 335 g/mol. The van der Waals surface area contributed by atoms with Crippen molar-refractivity contribution in [3.05, 3.63) is 48.5 Å². The number of rotatable bonds is 7. The molecule has 0 bridgehead atoms. The molecule has 2 rings (SSSR count). The quantitative estimate of drug-likeness (QED) is 0.779. The molecule has 124 valence electrons. The van der Waals surface area contributed by atoms with Gasteiger partial charge in [0, 0.05) is 6.54 Å². The number of hydrogen-bond acceptors (Lipinski definition) is 4. The highest BCUT2D eigenvalue weighted by atomic mass is 32.2. The number of benzene rings is 2. The Morgan fingerprint density at radius 1 is 1.00 bits per heavy atom. The summed E-state index contributed by atoms with van der Waals surface area (Å²) in [7, 11) is -2.13. The summed E-state index contributed by atoms with van der Waals surface area (Å²) < 4.78 is 37.9. The van der Waals surface area contributed by atoms with Gasteiger partial charge in [0.2, 0.25) is 0 Å². The molecule has 0 N–H and O–H groups in total. The summed E-state index contributed by atoms with van der Waals surface area (Å²) in [6.07, 6.45) is 0. The molecule has 0 amide bonds. The molecule has 0 saturated heterocycles. The third-order valence-corrected chi connectivity index (χ3v) is 5.27. The van der Waals surface area contributed by atoms with Crippen molar-refractivity contribution in [3.63, 3.8) is 0 Å². The van der Waals surface area contributed by atoms with E-state index < -0.39 is 10.0 Å². The highest BCUT2D eigenvalue weighted by Gasteiger charge is 2.25. The Labute approximate surface area is 137 Å². The Kier molecular flexibility index (Phi) is 5.50. The Bertz CT molecular complexity index is 741. The molecule has 23 heavy (non-hydrogen) atoms. The van der Waals surface area contributed by atoms with E-state index in [4.69, 9.17) is 9.47 Å². The van der Waals surface area contributed by atoms with Gasteiger partial charge in [-0.05, 0) is 50.2 Å². The topological polar surface area (TPSA) is 55.8 Å². The largest absolute Gasteiger partial charge is 0.497 e. The summed E-state index contributed by atoms with van der Waals surface area (Å²) in [5.41, 5.74) is 0.535. The number of sulfonamides is 1. The molecule has 0 unspecified atom stereocenters. The van der Waals surface area contributed by atoms with Gasteiger partial charge in [-0.15, -0.1) is 0 Å². The van der Waals surface area contributed by atoms with Crippen LogP contribution in [0.2, 0.25) is 0 Å². The van der Waals surface area contributed by atoms with Gasteiger partial charge in [-0.1, -0.05) is 12.1 Å². The van der Waals surface area contributed by atoms with Gasteiger partial charge in [0.25, 0.3) is 10.0 Å². The third-order valence-electron chi connectivity index (χ3n) is 3.37. The molecule has 0 spiro atoms. The van der Waals surface area contributed by atoms with E-state index in [-0.39, 0.29) is 4.90 Å². The van der Waals surface area contributed by atoms with E-state index in [1.54, 1.807) is 56.5 Å². The van der Waals surface area contributed by atoms with Crippen molar-refractivity contribution in [2.24, 2.45) is 0 Å². The van der Waals surface area contributed by atoms with Crippen LogP contribution in [0.25, 0.3) is 0 Å². The molecule has 0 heterocycles. The Morgan fingerprint density at radius 2 is 1.65 bits per heavy atom. The monoisotopic (exact) mass is 335 g/mol. The fourth-order valence-corrected chi connectivity index (χ4v) is 3.77. The summed E-state index contributed by atoms with van der Waals surface area (Å²) in [5.74, 6) is 1.16. The predicted molar refractivity (Wildman–Crippen MR) is 90.8 cm³/mol. The minimum atomic E-state index is -3.67. The molecule has 0 aliphatic carbocycles. The Hall–Kier alpha value is -2.21. The van der Waals surface area contributed by atoms with Gasteiger partial charge in [0.05, 0.1) is 24.3 Å². The van der Waals surface area contributed by atoms with Crippen LogP contribution < -0.4 is 13.8 Å². The summed E-state index contributed by atoms with van der Waals surface area (Å²) in [6.45, 7) is 4.43. The number of hydrogen-bond donors (Lipinski definition) is 0. The van der Waals surface area contributed by atoms with Crippen LogP contribution in [0.5, 0.6) is 11.5 Å². The predicted octanol–water partition coefficient (Wildman–Crippen LogP) is 3.31. The van der Waals surface area contributed by atoms with Crippen molar-refractivity contribution in [2.45, 2.75) is 18.7 Å². The van der Waals surface area contributed by atoms with Gasteiger partial charge >= 0.3 is 0 Å². The smallest absolute Gasteiger partial charge is 0.264 e. The van der Waals surface area contributed by atoms with Crippen LogP contribution in [0.4, 0.5) is 5.69 Å². The molecule has 0 fully saturated rings. The van der Waals surface area contributed by atoms with Crippen molar-refractivity contribution < 1.29 is 17.9 Å². The van der Waals surface area contributed by atoms with Crippen molar-refractivity contribution in [1.82, 2.24) is 0 Å². The van der Waals surface area contributed by atoms with Crippen molar-refractivity contribution in [2.75, 3.05) is 24.6 Å². The first-order valence-corrected chi connectivity index (χ1v) is 8.87. The first kappa shape index (κ1) is 17.1. The van der Waals surface area contributed by atoms with Crippen LogP contribution in [0.3, 0.4) is 0 Å². The SMILES string of the molecule is CCOc1ccccc1N(CC)S(=O)(=O)c1ccc(OC)cc1. The highest BCUT2D eigenvalue weighted by Crippen LogP contribution is 2.32. The van der Waals surface area contributed by atoms with Crippen molar-refractivity contribution in [1.29, 1.82) is 0 Å². The maximum Gasteiger partial charge on any atom is 0.264 e. The van der Waals surface area contributed by atoms with Crippen LogP contribution in [0.1, 0.15) is 13.8 Å². The summed E-state index contributed by atoms with van der Waals surface area (Å²) >= 11 is 0. The molecule has 0 aliphatic rings. The van der Waals surface area contributed by atoms with Crippen LogP contribution >= 0.6 is 0 Å². The van der Waals surface area contributed by atoms with E-state index >= 15 is 0 Å². The Balaban J connectivity index is 2.46. The standard InChI is InChI=1S/C17H21NO4S/c1-4-18(16-8-6-7-9-17(16)22-5-2)23(19,20)15-12-10-14(21-3)11-13-15/h6-13H,4-5H2,1-3H3. The average Bonchev–Trinajstić information content (AvgIpc) is 2.57. The van der Waals surface area contributed by atoms with E-state index in [9.17, 15) is 8.42 Å². The second kappa shape index (κ2) is 7.37. The van der Waals surface area contributed by atoms with Crippen LogP contribution in [-0.2, 0) is 10.0 Å². The number of methoxy groups -OCH3 is 1. The fourth-order valence-electron chi connectivity index (χ4n) is 2.29. The number of ether oxygens (including phenoxy) is 2. The second-order valence-electron chi connectivity index (χ2n) is 4.75. The lowest BCUT2D eigenvalue weighted by Gasteiger charge is -2.25. The van der Waals surface area contributed by atoms with Crippen molar-refractivity contribution in [3.8, 4) is 11.5 Å². The van der Waals surface area contributed by atoms with Crippen LogP contribution in [0, 0.1) is 0 Å². The minimum absolute atomic E-state index is 0.214. The summed E-state index contributed by atoms with van der Waals surface area (Å²) in [4.78, 5) is 0.214. The highest BCUT2D eigenvalue weighted by molar-refractivity contribution is 7.92. The van der Waals surface area contributed by atoms with Gasteiger partial charge < -0.3 is 9.47 Å². The molecule has 2 aromatic rings. The summed E-state index contributed by atoms with van der Waals surface area (Å²) in [6, 6.07) is 13.5. The zero-order chi connectivity index (χ0) is 16.9. The van der Waals surface area contributed by atoms with Gasteiger partial charge in [0.15, 0.2) is 0 Å². The lowest BCUT2D eigenvalue weighted by Crippen LogP contribution is -2.31. The zero-order valence-corrected chi connectivity index (χ0v) is 14.3. The van der Waals surface area contributed by atoms with E-state index in [0.29, 0.717) is 30.3 Å². The van der Waals surface area contributed by atoms with Crippen LogP contribution in [0.15, 0.2) is 53.4 Å². The number of nitrogens with zero attached hydrogens (tertiary/aromatic N) is 1. The fraction of sp³-hybridized carbons (Fsp3) is 0.294. The molecule has 2 aromatic carbocycles. The maximum absolute atomic E-state index is 12.9. The number of para-hydroxylation sites is 2. The molecular weight excluding hydrogens is 314 g/mol. The zero-order valence-electron chi connectivity index (χ0n) is 13.5. The minimum Gasteiger partial charge on any atom is -0.497 e. The second-order valence-corrected chi connectivity index (χ2v) is 6.61. The van der Waals surface area contributed by atoms with E-state index in [2.05, 4.69) is 0 Å². The first-order chi connectivity index (χ1) is 11.0. The lowest BCUT2D eigenvalue weighted by molar-refractivity contribution is 0.341. The third kappa shape index (κ3) is 3.59. The molecular formula is C17H21NO4S. The normalized spacial score (nSPS) is 11.1. The van der Waals surface area contributed by atoms with E-state index in [0.717, 1.165) is 0 Å². The molecule has 0 radical (unpaired) electrons. The van der Waals surface area contributed by atoms with Crippen LogP contribution in [-0.4, -0.2) is 28.7 Å². The number of anilines is 1. The van der Waals surface area contributed by atoms with Gasteiger partial charge in [-0.3, -0.25) is 4.31 Å². The van der Waals surface area contributed by atoms with Gasteiger partial charge in [-0.25, -0.2) is 8.42 Å². The molecule has 0 aromatic heterocycles. The van der Waals surface area contributed by atoms with Crippen molar-refractivity contribution >= 4 is 15.7 Å². The van der Waals surface area contributed by atoms with Gasteiger partial charge in [0.1, 0.15) is 11.5 Å². The van der Waals surface area contributed by atoms with Gasteiger partial charge in [-0.2, -0.15) is 0 Å². The summed E-state index contributed by atoms with van der Waals surface area (Å²) in [5, 5.41) is 0. The first-order valence-electron chi connectivity index (χ1n) is 7.43. The Morgan fingerprint density at radius 3 is 2.22 bits per heavy atom. The van der Waals surface area contributed by atoms with E-state index in [1.165, 1.54) is 4.31 Å². The molecule has 5 nitrogen and oxygen atoms in total. The molecule has 0 atom stereocenters. The maximum atomic E-state index is 12.9. The lowest BCUT2D eigenvalue weighted by atomic mass is 10.3.